The first kappa shape index (κ1) is 17.3. The summed E-state index contributed by atoms with van der Waals surface area (Å²) in [6, 6.07) is 0. The standard InChI is InChI=1S/C21H30O4/c1-20-9-7-14(25-12-19(23)24)11-13(20)3-4-15-16-5-6-18(22)21(16,2)10-8-17(15)20/h3,14-17H,4-12H2,1-2H3,(H,23,24)/t14-,15+,16+,17+,20-,21-/m0/s1. The number of hydrogen-bond acceptors (Lipinski definition) is 3. The van der Waals surface area contributed by atoms with Gasteiger partial charge < -0.3 is 9.84 Å². The number of allylic oxidation sites excluding steroid dienone is 1. The van der Waals surface area contributed by atoms with Gasteiger partial charge in [-0.15, -0.1) is 0 Å². The van der Waals surface area contributed by atoms with Gasteiger partial charge in [-0.3, -0.25) is 4.79 Å². The lowest BCUT2D eigenvalue weighted by Gasteiger charge is -2.57. The van der Waals surface area contributed by atoms with E-state index >= 15 is 0 Å². The van der Waals surface area contributed by atoms with Gasteiger partial charge >= 0.3 is 5.97 Å². The van der Waals surface area contributed by atoms with E-state index in [0.717, 1.165) is 51.4 Å². The minimum absolute atomic E-state index is 0.0499. The van der Waals surface area contributed by atoms with Crippen LogP contribution in [0.15, 0.2) is 11.6 Å². The third-order valence-corrected chi connectivity index (χ3v) is 8.21. The van der Waals surface area contributed by atoms with Gasteiger partial charge in [0.05, 0.1) is 6.10 Å². The van der Waals surface area contributed by atoms with Gasteiger partial charge in [0.1, 0.15) is 12.4 Å². The number of carboxylic acid groups (broad SMARTS) is 1. The molecule has 4 aliphatic rings. The van der Waals surface area contributed by atoms with Crippen LogP contribution in [0.2, 0.25) is 0 Å². The molecule has 0 aromatic heterocycles. The van der Waals surface area contributed by atoms with Crippen molar-refractivity contribution in [3.8, 4) is 0 Å². The minimum atomic E-state index is -0.886. The van der Waals surface area contributed by atoms with Gasteiger partial charge in [-0.2, -0.15) is 0 Å². The molecule has 0 saturated heterocycles. The lowest BCUT2D eigenvalue weighted by molar-refractivity contribution is -0.145. The van der Waals surface area contributed by atoms with Crippen molar-refractivity contribution >= 4 is 11.8 Å². The third-order valence-electron chi connectivity index (χ3n) is 8.21. The van der Waals surface area contributed by atoms with Crippen LogP contribution >= 0.6 is 0 Å². The number of carbonyl (C=O) groups is 2. The average Bonchev–Trinajstić information content (AvgIpc) is 2.88. The van der Waals surface area contributed by atoms with E-state index in [4.69, 9.17) is 9.84 Å². The number of carbonyl (C=O) groups excluding carboxylic acids is 1. The van der Waals surface area contributed by atoms with Gasteiger partial charge in [0.15, 0.2) is 0 Å². The van der Waals surface area contributed by atoms with E-state index < -0.39 is 5.97 Å². The first-order chi connectivity index (χ1) is 11.8. The molecular weight excluding hydrogens is 316 g/mol. The lowest BCUT2D eigenvalue weighted by atomic mass is 9.48. The van der Waals surface area contributed by atoms with E-state index in [1.165, 1.54) is 5.57 Å². The number of Topliss-reactive ketones (excluding diaryl/α,β-unsaturated/α-hetero) is 1. The second-order valence-electron chi connectivity index (χ2n) is 9.25. The summed E-state index contributed by atoms with van der Waals surface area (Å²) >= 11 is 0. The topological polar surface area (TPSA) is 63.6 Å². The van der Waals surface area contributed by atoms with Crippen molar-refractivity contribution in [1.82, 2.24) is 0 Å². The van der Waals surface area contributed by atoms with Crippen molar-refractivity contribution in [1.29, 1.82) is 0 Å². The van der Waals surface area contributed by atoms with Crippen LogP contribution in [0.4, 0.5) is 0 Å². The smallest absolute Gasteiger partial charge is 0.329 e. The van der Waals surface area contributed by atoms with E-state index in [-0.39, 0.29) is 23.5 Å². The molecule has 0 aliphatic heterocycles. The zero-order valence-electron chi connectivity index (χ0n) is 15.4. The molecular formula is C21H30O4. The highest BCUT2D eigenvalue weighted by Gasteiger charge is 2.58. The Bertz CT molecular complexity index is 623. The van der Waals surface area contributed by atoms with Crippen molar-refractivity contribution in [2.24, 2.45) is 28.6 Å². The van der Waals surface area contributed by atoms with E-state index in [0.29, 0.717) is 23.5 Å². The second-order valence-corrected chi connectivity index (χ2v) is 9.25. The van der Waals surface area contributed by atoms with Crippen LogP contribution in [0.3, 0.4) is 0 Å². The number of hydrogen-bond donors (Lipinski definition) is 1. The number of aliphatic carboxylic acids is 1. The molecule has 25 heavy (non-hydrogen) atoms. The van der Waals surface area contributed by atoms with E-state index in [9.17, 15) is 9.59 Å². The van der Waals surface area contributed by atoms with E-state index in [1.807, 2.05) is 0 Å². The largest absolute Gasteiger partial charge is 0.480 e. The van der Waals surface area contributed by atoms with Gasteiger partial charge in [-0.25, -0.2) is 4.79 Å². The van der Waals surface area contributed by atoms with Crippen LogP contribution in [0.5, 0.6) is 0 Å². The molecule has 4 aliphatic carbocycles. The predicted molar refractivity (Wildman–Crippen MR) is 94.1 cm³/mol. The van der Waals surface area contributed by atoms with Gasteiger partial charge in [0.2, 0.25) is 0 Å². The Morgan fingerprint density at radius 3 is 2.68 bits per heavy atom. The summed E-state index contributed by atoms with van der Waals surface area (Å²) in [5.41, 5.74) is 1.65. The molecule has 4 rings (SSSR count). The Balaban J connectivity index is 1.54. The molecule has 0 amide bonds. The van der Waals surface area contributed by atoms with Crippen molar-refractivity contribution in [3.63, 3.8) is 0 Å². The summed E-state index contributed by atoms with van der Waals surface area (Å²) in [7, 11) is 0. The summed E-state index contributed by atoms with van der Waals surface area (Å²) in [5.74, 6) is 1.51. The van der Waals surface area contributed by atoms with Crippen LogP contribution in [0.25, 0.3) is 0 Å². The van der Waals surface area contributed by atoms with Crippen LogP contribution in [0.1, 0.15) is 65.2 Å². The predicted octanol–water partition coefficient (Wildman–Crippen LogP) is 3.99. The fourth-order valence-electron chi connectivity index (χ4n) is 6.73. The molecule has 0 aromatic carbocycles. The van der Waals surface area contributed by atoms with E-state index in [1.54, 1.807) is 0 Å². The summed E-state index contributed by atoms with van der Waals surface area (Å²) in [5, 5.41) is 8.85. The highest BCUT2D eigenvalue weighted by molar-refractivity contribution is 5.87. The van der Waals surface area contributed by atoms with Gasteiger partial charge in [-0.1, -0.05) is 25.5 Å². The number of fused-ring (bicyclic) bond motifs is 5. The maximum Gasteiger partial charge on any atom is 0.329 e. The highest BCUT2D eigenvalue weighted by Crippen LogP contribution is 2.64. The maximum atomic E-state index is 12.5. The Morgan fingerprint density at radius 1 is 1.20 bits per heavy atom. The Kier molecular flexibility index (Phi) is 4.10. The summed E-state index contributed by atoms with van der Waals surface area (Å²) in [4.78, 5) is 23.2. The van der Waals surface area contributed by atoms with Crippen LogP contribution in [0, 0.1) is 28.6 Å². The fourth-order valence-corrected chi connectivity index (χ4v) is 6.73. The summed E-state index contributed by atoms with van der Waals surface area (Å²) in [6.07, 6.45) is 10.6. The normalized spacial score (nSPS) is 46.0. The molecule has 0 aromatic rings. The average molecular weight is 346 g/mol. The molecule has 4 heteroatoms. The van der Waals surface area contributed by atoms with Gasteiger partial charge in [-0.05, 0) is 68.1 Å². The number of ketones is 1. The SMILES string of the molecule is C[C@]12CC[C@H](OCC(=O)O)CC1=CC[C@H]1[C@H]2CC[C@]2(C)C(=O)CC[C@H]12. The number of rotatable bonds is 3. The molecule has 6 atom stereocenters. The van der Waals surface area contributed by atoms with Gasteiger partial charge in [0.25, 0.3) is 0 Å². The summed E-state index contributed by atoms with van der Waals surface area (Å²) < 4.78 is 5.59. The molecule has 0 heterocycles. The molecule has 3 saturated carbocycles. The fraction of sp³-hybridized carbons (Fsp3) is 0.810. The quantitative estimate of drug-likeness (QED) is 0.785. The third kappa shape index (κ3) is 2.59. The second kappa shape index (κ2) is 5.94. The zero-order chi connectivity index (χ0) is 17.8. The maximum absolute atomic E-state index is 12.5. The molecule has 0 radical (unpaired) electrons. The molecule has 3 fully saturated rings. The molecule has 0 bridgehead atoms. The van der Waals surface area contributed by atoms with Crippen molar-refractivity contribution < 1.29 is 19.4 Å². The van der Waals surface area contributed by atoms with Crippen LogP contribution in [-0.2, 0) is 14.3 Å². The first-order valence-corrected chi connectivity index (χ1v) is 9.91. The Morgan fingerprint density at radius 2 is 1.92 bits per heavy atom. The van der Waals surface area contributed by atoms with Crippen molar-refractivity contribution in [2.45, 2.75) is 71.3 Å². The number of ether oxygens (including phenoxy) is 1. The minimum Gasteiger partial charge on any atom is -0.480 e. The molecule has 0 spiro atoms. The zero-order valence-corrected chi connectivity index (χ0v) is 15.4. The molecule has 1 N–H and O–H groups in total. The van der Waals surface area contributed by atoms with Gasteiger partial charge in [0, 0.05) is 11.8 Å². The summed E-state index contributed by atoms with van der Waals surface area (Å²) in [6.45, 7) is 4.45. The Hall–Kier alpha value is -1.16. The lowest BCUT2D eigenvalue weighted by Crippen LogP contribution is -2.50. The van der Waals surface area contributed by atoms with Crippen LogP contribution < -0.4 is 0 Å². The first-order valence-electron chi connectivity index (χ1n) is 9.91. The van der Waals surface area contributed by atoms with Crippen LogP contribution in [-0.4, -0.2) is 29.6 Å². The highest BCUT2D eigenvalue weighted by atomic mass is 16.5. The molecule has 4 nitrogen and oxygen atoms in total. The molecule has 0 unspecified atom stereocenters. The van der Waals surface area contributed by atoms with Crippen molar-refractivity contribution in [3.05, 3.63) is 11.6 Å². The monoisotopic (exact) mass is 346 g/mol. The Labute approximate surface area is 150 Å². The molecule has 138 valence electrons. The van der Waals surface area contributed by atoms with Crippen molar-refractivity contribution in [2.75, 3.05) is 6.61 Å². The van der Waals surface area contributed by atoms with E-state index in [2.05, 4.69) is 19.9 Å². The number of carboxylic acids is 1.